The summed E-state index contributed by atoms with van der Waals surface area (Å²) in [5.41, 5.74) is 1.81. The van der Waals surface area contributed by atoms with Gasteiger partial charge in [0.2, 0.25) is 5.91 Å². The SMILES string of the molecule is CCOC(=O)CN(C(=O)CN1CCC[C@H]1c1ccc2c(c1)OCCO2)c1ccccc1. The third-order valence-corrected chi connectivity index (χ3v) is 5.61. The van der Waals surface area contributed by atoms with Gasteiger partial charge < -0.3 is 19.1 Å². The molecule has 0 saturated carbocycles. The zero-order chi connectivity index (χ0) is 21.6. The molecule has 0 aliphatic carbocycles. The number of hydrogen-bond acceptors (Lipinski definition) is 6. The number of amides is 1. The lowest BCUT2D eigenvalue weighted by molar-refractivity contribution is -0.142. The first-order valence-electron chi connectivity index (χ1n) is 10.8. The highest BCUT2D eigenvalue weighted by molar-refractivity contribution is 5.98. The first-order valence-corrected chi connectivity index (χ1v) is 10.8. The van der Waals surface area contributed by atoms with Crippen molar-refractivity contribution in [3.8, 4) is 11.5 Å². The molecule has 7 nitrogen and oxygen atoms in total. The van der Waals surface area contributed by atoms with Crippen molar-refractivity contribution in [3.05, 3.63) is 54.1 Å². The second-order valence-corrected chi connectivity index (χ2v) is 7.65. The van der Waals surface area contributed by atoms with Gasteiger partial charge in [0.1, 0.15) is 19.8 Å². The van der Waals surface area contributed by atoms with Crippen LogP contribution in [0.3, 0.4) is 0 Å². The number of anilines is 1. The van der Waals surface area contributed by atoms with Gasteiger partial charge in [0.05, 0.1) is 13.2 Å². The average Bonchev–Trinajstić information content (AvgIpc) is 3.26. The number of benzene rings is 2. The Morgan fingerprint density at radius 1 is 1.10 bits per heavy atom. The highest BCUT2D eigenvalue weighted by Gasteiger charge is 2.31. The van der Waals surface area contributed by atoms with Crippen LogP contribution >= 0.6 is 0 Å². The molecule has 2 aromatic carbocycles. The van der Waals surface area contributed by atoms with Gasteiger partial charge >= 0.3 is 5.97 Å². The molecular formula is C24H28N2O5. The van der Waals surface area contributed by atoms with E-state index in [4.69, 9.17) is 14.2 Å². The molecule has 2 aromatic rings. The fourth-order valence-corrected chi connectivity index (χ4v) is 4.19. The second-order valence-electron chi connectivity index (χ2n) is 7.65. The Balaban J connectivity index is 1.50. The van der Waals surface area contributed by atoms with E-state index in [-0.39, 0.29) is 31.6 Å². The van der Waals surface area contributed by atoms with Crippen LogP contribution in [0.25, 0.3) is 0 Å². The number of rotatable bonds is 7. The van der Waals surface area contributed by atoms with Crippen molar-refractivity contribution >= 4 is 17.6 Å². The summed E-state index contributed by atoms with van der Waals surface area (Å²) in [4.78, 5) is 29.1. The molecule has 1 saturated heterocycles. The molecule has 0 unspecified atom stereocenters. The first kappa shape index (κ1) is 21.2. The van der Waals surface area contributed by atoms with E-state index in [1.54, 1.807) is 6.92 Å². The van der Waals surface area contributed by atoms with Gasteiger partial charge in [0.25, 0.3) is 0 Å². The van der Waals surface area contributed by atoms with Crippen molar-refractivity contribution < 1.29 is 23.8 Å². The summed E-state index contributed by atoms with van der Waals surface area (Å²) in [5, 5.41) is 0. The number of likely N-dealkylation sites (tertiary alicyclic amines) is 1. The Hall–Kier alpha value is -3.06. The maximum Gasteiger partial charge on any atom is 0.326 e. The summed E-state index contributed by atoms with van der Waals surface area (Å²) in [5.74, 6) is 0.990. The lowest BCUT2D eigenvalue weighted by atomic mass is 10.0. The summed E-state index contributed by atoms with van der Waals surface area (Å²) in [6, 6.07) is 15.4. The van der Waals surface area contributed by atoms with Crippen LogP contribution in [0.2, 0.25) is 0 Å². The lowest BCUT2D eigenvalue weighted by Gasteiger charge is -2.29. The van der Waals surface area contributed by atoms with Crippen LogP contribution < -0.4 is 14.4 Å². The Bertz CT molecular complexity index is 917. The standard InChI is InChI=1S/C24H28N2O5/c1-2-29-24(28)17-26(19-7-4-3-5-8-19)23(27)16-25-12-6-9-20(25)18-10-11-21-22(15-18)31-14-13-30-21/h3-5,7-8,10-11,15,20H,2,6,9,12-14,16-17H2,1H3/t20-/m0/s1. The molecule has 0 bridgehead atoms. The Labute approximate surface area is 182 Å². The molecule has 0 spiro atoms. The number of fused-ring (bicyclic) bond motifs is 1. The van der Waals surface area contributed by atoms with Crippen LogP contribution in [0.4, 0.5) is 5.69 Å². The van der Waals surface area contributed by atoms with Crippen molar-refractivity contribution in [2.45, 2.75) is 25.8 Å². The van der Waals surface area contributed by atoms with E-state index >= 15 is 0 Å². The maximum atomic E-state index is 13.3. The van der Waals surface area contributed by atoms with E-state index in [0.29, 0.717) is 18.9 Å². The highest BCUT2D eigenvalue weighted by atomic mass is 16.6. The van der Waals surface area contributed by atoms with E-state index in [0.717, 1.165) is 36.4 Å². The van der Waals surface area contributed by atoms with Crippen molar-refractivity contribution in [2.75, 3.05) is 44.4 Å². The third-order valence-electron chi connectivity index (χ3n) is 5.61. The topological polar surface area (TPSA) is 68.3 Å². The van der Waals surface area contributed by atoms with E-state index in [2.05, 4.69) is 11.0 Å². The summed E-state index contributed by atoms with van der Waals surface area (Å²) in [6.07, 6.45) is 1.98. The molecule has 2 aliphatic rings. The zero-order valence-corrected chi connectivity index (χ0v) is 17.8. The van der Waals surface area contributed by atoms with Gasteiger partial charge in [-0.05, 0) is 56.1 Å². The molecular weight excluding hydrogens is 396 g/mol. The van der Waals surface area contributed by atoms with Crippen molar-refractivity contribution in [2.24, 2.45) is 0 Å². The quantitative estimate of drug-likeness (QED) is 0.636. The predicted octanol–water partition coefficient (Wildman–Crippen LogP) is 3.19. The Morgan fingerprint density at radius 3 is 2.65 bits per heavy atom. The normalized spacial score (nSPS) is 17.9. The molecule has 4 rings (SSSR count). The van der Waals surface area contributed by atoms with Crippen LogP contribution in [0.15, 0.2) is 48.5 Å². The van der Waals surface area contributed by atoms with Gasteiger partial charge in [0.15, 0.2) is 11.5 Å². The first-order chi connectivity index (χ1) is 15.2. The van der Waals surface area contributed by atoms with E-state index < -0.39 is 5.97 Å². The van der Waals surface area contributed by atoms with Crippen molar-refractivity contribution in [1.29, 1.82) is 0 Å². The third kappa shape index (κ3) is 4.99. The fourth-order valence-electron chi connectivity index (χ4n) is 4.19. The predicted molar refractivity (Wildman–Crippen MR) is 116 cm³/mol. The minimum atomic E-state index is -0.412. The summed E-state index contributed by atoms with van der Waals surface area (Å²) in [7, 11) is 0. The molecule has 0 aromatic heterocycles. The highest BCUT2D eigenvalue weighted by Crippen LogP contribution is 2.38. The molecule has 1 fully saturated rings. The average molecular weight is 424 g/mol. The van der Waals surface area contributed by atoms with E-state index in [1.165, 1.54) is 4.90 Å². The van der Waals surface area contributed by atoms with E-state index in [9.17, 15) is 9.59 Å². The largest absolute Gasteiger partial charge is 0.486 e. The fraction of sp³-hybridized carbons (Fsp3) is 0.417. The van der Waals surface area contributed by atoms with Crippen LogP contribution in [0.5, 0.6) is 11.5 Å². The molecule has 0 N–H and O–H groups in total. The summed E-state index contributed by atoms with van der Waals surface area (Å²) < 4.78 is 16.4. The molecule has 0 radical (unpaired) electrons. The molecule has 7 heteroatoms. The minimum absolute atomic E-state index is 0.0980. The lowest BCUT2D eigenvalue weighted by Crippen LogP contribution is -2.43. The Kier molecular flexibility index (Phi) is 6.72. The van der Waals surface area contributed by atoms with Crippen molar-refractivity contribution in [1.82, 2.24) is 4.90 Å². The molecule has 1 amide bonds. The molecule has 2 heterocycles. The summed E-state index contributed by atoms with van der Waals surface area (Å²) in [6.45, 7) is 4.11. The summed E-state index contributed by atoms with van der Waals surface area (Å²) >= 11 is 0. The monoisotopic (exact) mass is 424 g/mol. The van der Waals surface area contributed by atoms with Crippen LogP contribution in [0.1, 0.15) is 31.4 Å². The minimum Gasteiger partial charge on any atom is -0.486 e. The maximum absolute atomic E-state index is 13.3. The van der Waals surface area contributed by atoms with Gasteiger partial charge in [-0.3, -0.25) is 14.5 Å². The van der Waals surface area contributed by atoms with Gasteiger partial charge in [-0.25, -0.2) is 0 Å². The number of hydrogen-bond donors (Lipinski definition) is 0. The Morgan fingerprint density at radius 2 is 1.87 bits per heavy atom. The number of para-hydroxylation sites is 1. The molecule has 2 aliphatic heterocycles. The van der Waals surface area contributed by atoms with Gasteiger partial charge in [-0.2, -0.15) is 0 Å². The van der Waals surface area contributed by atoms with Crippen LogP contribution in [0, 0.1) is 0 Å². The van der Waals surface area contributed by atoms with Gasteiger partial charge in [0, 0.05) is 11.7 Å². The second kappa shape index (κ2) is 9.83. The number of ether oxygens (including phenoxy) is 3. The van der Waals surface area contributed by atoms with Gasteiger partial charge in [-0.15, -0.1) is 0 Å². The number of carbonyl (C=O) groups is 2. The molecule has 164 valence electrons. The molecule has 31 heavy (non-hydrogen) atoms. The molecule has 1 atom stereocenters. The number of nitrogens with zero attached hydrogens (tertiary/aromatic N) is 2. The number of carbonyl (C=O) groups excluding carboxylic acids is 2. The van der Waals surface area contributed by atoms with Crippen molar-refractivity contribution in [3.63, 3.8) is 0 Å². The van der Waals surface area contributed by atoms with Crippen LogP contribution in [-0.2, 0) is 14.3 Å². The van der Waals surface area contributed by atoms with Crippen LogP contribution in [-0.4, -0.2) is 56.2 Å². The van der Waals surface area contributed by atoms with E-state index in [1.807, 2.05) is 42.5 Å². The number of esters is 1. The zero-order valence-electron chi connectivity index (χ0n) is 17.8. The smallest absolute Gasteiger partial charge is 0.326 e. The van der Waals surface area contributed by atoms with Gasteiger partial charge in [-0.1, -0.05) is 24.3 Å².